The summed E-state index contributed by atoms with van der Waals surface area (Å²) in [6.07, 6.45) is 3.71. The van der Waals surface area contributed by atoms with Gasteiger partial charge in [0.15, 0.2) is 0 Å². The zero-order valence-electron chi connectivity index (χ0n) is 11.2. The molecular formula is C17H15ClN2. The van der Waals surface area contributed by atoms with E-state index < -0.39 is 0 Å². The zero-order chi connectivity index (χ0) is 13.9. The van der Waals surface area contributed by atoms with Crippen molar-refractivity contribution in [1.82, 2.24) is 4.98 Å². The number of aryl methyl sites for hydroxylation is 1. The van der Waals surface area contributed by atoms with Gasteiger partial charge in [-0.2, -0.15) is 0 Å². The summed E-state index contributed by atoms with van der Waals surface area (Å²) >= 11 is 6.24. The minimum absolute atomic E-state index is 0.742. The number of nitrogens with one attached hydrogen (secondary N) is 1. The van der Waals surface area contributed by atoms with Gasteiger partial charge in [0.1, 0.15) is 0 Å². The molecule has 100 valence electrons. The van der Waals surface area contributed by atoms with Gasteiger partial charge >= 0.3 is 0 Å². The van der Waals surface area contributed by atoms with Gasteiger partial charge in [0.2, 0.25) is 0 Å². The number of pyridine rings is 1. The van der Waals surface area contributed by atoms with Crippen LogP contribution < -0.4 is 5.32 Å². The van der Waals surface area contributed by atoms with E-state index in [4.69, 9.17) is 11.6 Å². The summed E-state index contributed by atoms with van der Waals surface area (Å²) in [5, 5.41) is 6.57. The lowest BCUT2D eigenvalue weighted by molar-refractivity contribution is 1.15. The van der Waals surface area contributed by atoms with Crippen molar-refractivity contribution >= 4 is 28.1 Å². The van der Waals surface area contributed by atoms with E-state index in [9.17, 15) is 0 Å². The maximum absolute atomic E-state index is 6.24. The molecule has 3 rings (SSSR count). The molecule has 0 saturated carbocycles. The SMILES string of the molecule is Cc1cccc(Cl)c1NCc1cccc2cnccc12. The Bertz CT molecular complexity index is 727. The van der Waals surface area contributed by atoms with Crippen LogP contribution in [-0.2, 0) is 6.54 Å². The minimum Gasteiger partial charge on any atom is -0.380 e. The van der Waals surface area contributed by atoms with Crippen LogP contribution in [0.15, 0.2) is 54.9 Å². The van der Waals surface area contributed by atoms with Crippen molar-refractivity contribution in [1.29, 1.82) is 0 Å². The fourth-order valence-electron chi connectivity index (χ4n) is 2.38. The predicted octanol–water partition coefficient (Wildman–Crippen LogP) is 4.81. The highest BCUT2D eigenvalue weighted by molar-refractivity contribution is 6.33. The Morgan fingerprint density at radius 3 is 2.80 bits per heavy atom. The number of anilines is 1. The van der Waals surface area contributed by atoms with Gasteiger partial charge in [-0.25, -0.2) is 0 Å². The van der Waals surface area contributed by atoms with E-state index in [-0.39, 0.29) is 0 Å². The molecule has 0 amide bonds. The average molecular weight is 283 g/mol. The van der Waals surface area contributed by atoms with Crippen molar-refractivity contribution in [2.45, 2.75) is 13.5 Å². The van der Waals surface area contributed by atoms with E-state index in [0.29, 0.717) is 0 Å². The number of aromatic nitrogens is 1. The normalized spacial score (nSPS) is 10.7. The van der Waals surface area contributed by atoms with E-state index in [1.807, 2.05) is 30.6 Å². The number of halogens is 1. The summed E-state index contributed by atoms with van der Waals surface area (Å²) in [5.41, 5.74) is 3.39. The lowest BCUT2D eigenvalue weighted by Gasteiger charge is -2.12. The fourth-order valence-corrected chi connectivity index (χ4v) is 2.67. The molecule has 1 aromatic heterocycles. The predicted molar refractivity (Wildman–Crippen MR) is 85.3 cm³/mol. The van der Waals surface area contributed by atoms with Crippen molar-refractivity contribution in [3.8, 4) is 0 Å². The van der Waals surface area contributed by atoms with Crippen LogP contribution in [0.5, 0.6) is 0 Å². The van der Waals surface area contributed by atoms with Gasteiger partial charge in [-0.15, -0.1) is 0 Å². The number of benzene rings is 2. The molecule has 0 fully saturated rings. The second kappa shape index (κ2) is 5.51. The van der Waals surface area contributed by atoms with Gasteiger partial charge in [-0.05, 0) is 35.6 Å². The Hall–Kier alpha value is -2.06. The number of fused-ring (bicyclic) bond motifs is 1. The maximum atomic E-state index is 6.24. The van der Waals surface area contributed by atoms with Crippen LogP contribution in [0, 0.1) is 6.92 Å². The second-order valence-electron chi connectivity index (χ2n) is 4.80. The van der Waals surface area contributed by atoms with Crippen molar-refractivity contribution in [2.75, 3.05) is 5.32 Å². The van der Waals surface area contributed by atoms with Crippen molar-refractivity contribution < 1.29 is 0 Å². The van der Waals surface area contributed by atoms with Crippen molar-refractivity contribution in [3.63, 3.8) is 0 Å². The zero-order valence-corrected chi connectivity index (χ0v) is 12.0. The molecule has 0 saturated heterocycles. The molecule has 3 heteroatoms. The molecule has 2 aromatic carbocycles. The first-order valence-electron chi connectivity index (χ1n) is 6.56. The summed E-state index contributed by atoms with van der Waals surface area (Å²) < 4.78 is 0. The summed E-state index contributed by atoms with van der Waals surface area (Å²) in [6.45, 7) is 2.80. The molecule has 0 bridgehead atoms. The Balaban J connectivity index is 1.91. The largest absolute Gasteiger partial charge is 0.380 e. The van der Waals surface area contributed by atoms with Gasteiger partial charge in [-0.3, -0.25) is 4.98 Å². The van der Waals surface area contributed by atoms with Crippen molar-refractivity contribution in [2.24, 2.45) is 0 Å². The molecule has 0 unspecified atom stereocenters. The van der Waals surface area contributed by atoms with Crippen LogP contribution in [0.1, 0.15) is 11.1 Å². The highest BCUT2D eigenvalue weighted by Crippen LogP contribution is 2.26. The second-order valence-corrected chi connectivity index (χ2v) is 5.21. The Kier molecular flexibility index (Phi) is 3.57. The first kappa shape index (κ1) is 12.9. The molecule has 0 aliphatic carbocycles. The molecule has 0 aliphatic heterocycles. The van der Waals surface area contributed by atoms with Crippen LogP contribution in [0.4, 0.5) is 5.69 Å². The summed E-state index contributed by atoms with van der Waals surface area (Å²) in [6, 6.07) is 14.2. The van der Waals surface area contributed by atoms with Gasteiger partial charge in [0.05, 0.1) is 10.7 Å². The molecule has 0 spiro atoms. The Labute approximate surface area is 123 Å². The van der Waals surface area contributed by atoms with E-state index in [1.165, 1.54) is 10.9 Å². The quantitative estimate of drug-likeness (QED) is 0.746. The first-order valence-corrected chi connectivity index (χ1v) is 6.94. The lowest BCUT2D eigenvalue weighted by Crippen LogP contribution is -2.02. The molecule has 20 heavy (non-hydrogen) atoms. The molecule has 1 N–H and O–H groups in total. The van der Waals surface area contributed by atoms with E-state index in [2.05, 4.69) is 41.5 Å². The smallest absolute Gasteiger partial charge is 0.0640 e. The molecule has 0 aliphatic rings. The highest BCUT2D eigenvalue weighted by Gasteiger charge is 2.05. The standard InChI is InChI=1S/C17H15ClN2/c1-12-4-2-7-16(18)17(12)20-11-14-6-3-5-13-10-19-9-8-15(13)14/h2-10,20H,11H2,1H3. The van der Waals surface area contributed by atoms with Gasteiger partial charge in [0.25, 0.3) is 0 Å². The highest BCUT2D eigenvalue weighted by atomic mass is 35.5. The Morgan fingerprint density at radius 2 is 1.95 bits per heavy atom. The molecular weight excluding hydrogens is 268 g/mol. The van der Waals surface area contributed by atoms with E-state index >= 15 is 0 Å². The average Bonchev–Trinajstić information content (AvgIpc) is 2.47. The summed E-state index contributed by atoms with van der Waals surface area (Å²) in [5.74, 6) is 0. The molecule has 0 atom stereocenters. The molecule has 1 heterocycles. The lowest BCUT2D eigenvalue weighted by atomic mass is 10.1. The number of para-hydroxylation sites is 1. The monoisotopic (exact) mass is 282 g/mol. The van der Waals surface area contributed by atoms with Gasteiger partial charge in [0, 0.05) is 24.3 Å². The number of hydrogen-bond donors (Lipinski definition) is 1. The van der Waals surface area contributed by atoms with Gasteiger partial charge in [-0.1, -0.05) is 41.9 Å². The van der Waals surface area contributed by atoms with Crippen LogP contribution in [0.3, 0.4) is 0 Å². The molecule has 3 aromatic rings. The van der Waals surface area contributed by atoms with Crippen LogP contribution in [0.2, 0.25) is 5.02 Å². The van der Waals surface area contributed by atoms with Crippen molar-refractivity contribution in [3.05, 3.63) is 71.0 Å². The van der Waals surface area contributed by atoms with Crippen LogP contribution >= 0.6 is 11.6 Å². The summed E-state index contributed by atoms with van der Waals surface area (Å²) in [7, 11) is 0. The molecule has 0 radical (unpaired) electrons. The maximum Gasteiger partial charge on any atom is 0.0640 e. The van der Waals surface area contributed by atoms with Crippen LogP contribution in [-0.4, -0.2) is 4.98 Å². The third-order valence-electron chi connectivity index (χ3n) is 3.45. The molecule has 2 nitrogen and oxygen atoms in total. The third kappa shape index (κ3) is 2.47. The Morgan fingerprint density at radius 1 is 1.10 bits per heavy atom. The van der Waals surface area contributed by atoms with Gasteiger partial charge < -0.3 is 5.32 Å². The number of hydrogen-bond acceptors (Lipinski definition) is 2. The third-order valence-corrected chi connectivity index (χ3v) is 3.76. The van der Waals surface area contributed by atoms with Crippen LogP contribution in [0.25, 0.3) is 10.8 Å². The summed E-state index contributed by atoms with van der Waals surface area (Å²) in [4.78, 5) is 4.16. The fraction of sp³-hybridized carbons (Fsp3) is 0.118. The van der Waals surface area contributed by atoms with E-state index in [0.717, 1.165) is 28.2 Å². The topological polar surface area (TPSA) is 24.9 Å². The first-order chi connectivity index (χ1) is 9.75. The number of nitrogens with zero attached hydrogens (tertiary/aromatic N) is 1. The number of rotatable bonds is 3. The minimum atomic E-state index is 0.742. The van der Waals surface area contributed by atoms with E-state index in [1.54, 1.807) is 0 Å².